The van der Waals surface area contributed by atoms with Crippen LogP contribution in [0.25, 0.3) is 0 Å². The van der Waals surface area contributed by atoms with Crippen molar-refractivity contribution in [2.24, 2.45) is 11.7 Å². The number of carbonyl (C=O) groups is 2. The minimum absolute atomic E-state index is 0. The average Bonchev–Trinajstić information content (AvgIpc) is 2.68. The smallest absolute Gasteiger partial charge is 0.323 e. The lowest BCUT2D eigenvalue weighted by atomic mass is 9.71. The van der Waals surface area contributed by atoms with Crippen molar-refractivity contribution in [1.29, 1.82) is 0 Å². The van der Waals surface area contributed by atoms with E-state index in [-0.39, 0.29) is 42.6 Å². The molecule has 2 aliphatic rings. The molecule has 1 aromatic rings. The second-order valence-corrected chi connectivity index (χ2v) is 7.43. The van der Waals surface area contributed by atoms with Gasteiger partial charge in [-0.25, -0.2) is 0 Å². The molecule has 3 N–H and O–H groups in total. The summed E-state index contributed by atoms with van der Waals surface area (Å²) in [6.07, 6.45) is 5.33. The van der Waals surface area contributed by atoms with Crippen LogP contribution in [0.5, 0.6) is 0 Å². The molecule has 28 heavy (non-hydrogen) atoms. The highest BCUT2D eigenvalue weighted by molar-refractivity contribution is 5.85. The van der Waals surface area contributed by atoms with E-state index in [1.807, 2.05) is 19.1 Å². The number of aromatic nitrogens is 1. The molecular weight excluding hydrogens is 403 g/mol. The molecule has 1 saturated heterocycles. The molecule has 9 heteroatoms. The number of aliphatic carboxylic acids is 1. The summed E-state index contributed by atoms with van der Waals surface area (Å²) in [5.74, 6) is -0.845. The fourth-order valence-electron chi connectivity index (χ4n) is 4.31. The minimum Gasteiger partial charge on any atom is -0.480 e. The molecule has 3 rings (SSSR count). The average molecular weight is 433 g/mol. The van der Waals surface area contributed by atoms with Crippen LogP contribution in [0.2, 0.25) is 0 Å². The number of hydrogen-bond acceptors (Lipinski definition) is 6. The van der Waals surface area contributed by atoms with Crippen LogP contribution >= 0.6 is 24.8 Å². The van der Waals surface area contributed by atoms with E-state index in [0.717, 1.165) is 31.9 Å². The first-order valence-electron chi connectivity index (χ1n) is 9.38. The second-order valence-electron chi connectivity index (χ2n) is 7.43. The molecule has 0 spiro atoms. The molecule has 0 radical (unpaired) electrons. The summed E-state index contributed by atoms with van der Waals surface area (Å²) in [5, 5.41) is 9.54. The van der Waals surface area contributed by atoms with Gasteiger partial charge in [-0.3, -0.25) is 19.5 Å². The number of carbonyl (C=O) groups excluding carboxylic acids is 1. The quantitative estimate of drug-likeness (QED) is 0.733. The number of carboxylic acid groups (broad SMARTS) is 1. The first-order valence-corrected chi connectivity index (χ1v) is 9.38. The summed E-state index contributed by atoms with van der Waals surface area (Å²) in [7, 11) is 0. The molecule has 1 aromatic heterocycles. The Hall–Kier alpha value is -1.41. The second kappa shape index (κ2) is 10.4. The lowest BCUT2D eigenvalue weighted by molar-refractivity contribution is -0.148. The standard InChI is InChI=1S/C19H28N4O3.2ClH/c1-2-17(24)15-3-6-19(20,18(25)26)13-16(15)23-11-9-22(10-12-23)14-4-7-21-8-5-14;;/h4-5,7-8,15-16H,2-3,6,9-13,20H2,1H3,(H,25,26);2*1H/t15?,16-,19-;;/m0../s1. The van der Waals surface area contributed by atoms with Crippen LogP contribution in [0.3, 0.4) is 0 Å². The molecule has 1 saturated carbocycles. The van der Waals surface area contributed by atoms with Crippen LogP contribution in [0.1, 0.15) is 32.6 Å². The lowest BCUT2D eigenvalue weighted by Crippen LogP contribution is -2.62. The maximum Gasteiger partial charge on any atom is 0.323 e. The van der Waals surface area contributed by atoms with Crippen LogP contribution in [-0.2, 0) is 9.59 Å². The molecule has 158 valence electrons. The summed E-state index contributed by atoms with van der Waals surface area (Å²) in [6.45, 7) is 5.17. The van der Waals surface area contributed by atoms with E-state index in [1.165, 1.54) is 0 Å². The Morgan fingerprint density at radius 2 is 1.82 bits per heavy atom. The van der Waals surface area contributed by atoms with Gasteiger partial charge in [0.1, 0.15) is 11.3 Å². The summed E-state index contributed by atoms with van der Waals surface area (Å²) < 4.78 is 0. The monoisotopic (exact) mass is 432 g/mol. The van der Waals surface area contributed by atoms with Crippen molar-refractivity contribution in [3.05, 3.63) is 24.5 Å². The van der Waals surface area contributed by atoms with E-state index in [9.17, 15) is 14.7 Å². The van der Waals surface area contributed by atoms with Crippen LogP contribution in [-0.4, -0.2) is 64.5 Å². The number of nitrogens with two attached hydrogens (primary N) is 1. The lowest BCUT2D eigenvalue weighted by Gasteiger charge is -2.47. The van der Waals surface area contributed by atoms with Gasteiger partial charge in [-0.1, -0.05) is 6.92 Å². The van der Waals surface area contributed by atoms with Gasteiger partial charge in [0, 0.05) is 62.6 Å². The van der Waals surface area contributed by atoms with E-state index < -0.39 is 11.5 Å². The highest BCUT2D eigenvalue weighted by Gasteiger charge is 2.47. The van der Waals surface area contributed by atoms with E-state index in [0.29, 0.717) is 25.7 Å². The van der Waals surface area contributed by atoms with E-state index in [1.54, 1.807) is 12.4 Å². The Bertz CT molecular complexity index is 656. The van der Waals surface area contributed by atoms with Gasteiger partial charge < -0.3 is 15.7 Å². The molecule has 1 unspecified atom stereocenters. The number of anilines is 1. The van der Waals surface area contributed by atoms with Crippen LogP contribution in [0.15, 0.2) is 24.5 Å². The molecule has 7 nitrogen and oxygen atoms in total. The molecule has 1 aliphatic carbocycles. The molecule has 1 aliphatic heterocycles. The molecule has 2 fully saturated rings. The van der Waals surface area contributed by atoms with Crippen LogP contribution in [0, 0.1) is 5.92 Å². The molecule has 0 bridgehead atoms. The first-order chi connectivity index (χ1) is 12.4. The van der Waals surface area contributed by atoms with Gasteiger partial charge in [0.2, 0.25) is 0 Å². The summed E-state index contributed by atoms with van der Waals surface area (Å²) in [6, 6.07) is 3.90. The Balaban J connectivity index is 0.00000196. The van der Waals surface area contributed by atoms with Crippen molar-refractivity contribution < 1.29 is 14.7 Å². The fourth-order valence-corrected chi connectivity index (χ4v) is 4.31. The normalized spacial score (nSPS) is 28.0. The molecule has 0 aromatic carbocycles. The Labute approximate surface area is 178 Å². The van der Waals surface area contributed by atoms with E-state index in [4.69, 9.17) is 5.73 Å². The largest absolute Gasteiger partial charge is 0.480 e. The summed E-state index contributed by atoms with van der Waals surface area (Å²) >= 11 is 0. The Kier molecular flexibility index (Phi) is 9.14. The van der Waals surface area contributed by atoms with Crippen molar-refractivity contribution in [3.8, 4) is 0 Å². The Morgan fingerprint density at radius 3 is 2.36 bits per heavy atom. The number of piperazine rings is 1. The number of rotatable bonds is 5. The highest BCUT2D eigenvalue weighted by Crippen LogP contribution is 2.36. The van der Waals surface area contributed by atoms with Crippen LogP contribution in [0.4, 0.5) is 5.69 Å². The van der Waals surface area contributed by atoms with Crippen molar-refractivity contribution >= 4 is 42.3 Å². The number of pyridine rings is 1. The zero-order chi connectivity index (χ0) is 18.7. The van der Waals surface area contributed by atoms with Crippen LogP contribution < -0.4 is 10.6 Å². The topological polar surface area (TPSA) is 99.8 Å². The zero-order valence-corrected chi connectivity index (χ0v) is 17.8. The van der Waals surface area contributed by atoms with Gasteiger partial charge in [-0.2, -0.15) is 0 Å². The molecule has 2 heterocycles. The van der Waals surface area contributed by atoms with Gasteiger partial charge in [0.05, 0.1) is 0 Å². The molecule has 3 atom stereocenters. The van der Waals surface area contributed by atoms with Crippen molar-refractivity contribution in [2.75, 3.05) is 31.1 Å². The third-order valence-electron chi connectivity index (χ3n) is 5.94. The van der Waals surface area contributed by atoms with Crippen molar-refractivity contribution in [2.45, 2.75) is 44.2 Å². The SMILES string of the molecule is CCC(=O)C1CC[C@@](N)(C(=O)O)C[C@@H]1N1CCN(c2ccncc2)CC1.Cl.Cl. The predicted molar refractivity (Wildman–Crippen MR) is 114 cm³/mol. The number of hydrogen-bond donors (Lipinski definition) is 2. The maximum absolute atomic E-state index is 12.5. The number of ketones is 1. The number of carboxylic acids is 1. The van der Waals surface area contributed by atoms with Gasteiger partial charge in [0.25, 0.3) is 0 Å². The third kappa shape index (κ3) is 5.14. The van der Waals surface area contributed by atoms with Gasteiger partial charge in [0.15, 0.2) is 0 Å². The van der Waals surface area contributed by atoms with Gasteiger partial charge in [-0.05, 0) is 31.4 Å². The van der Waals surface area contributed by atoms with Gasteiger partial charge in [-0.15, -0.1) is 24.8 Å². The minimum atomic E-state index is -1.22. The van der Waals surface area contributed by atoms with Crippen molar-refractivity contribution in [3.63, 3.8) is 0 Å². The summed E-state index contributed by atoms with van der Waals surface area (Å²) in [4.78, 5) is 32.7. The Morgan fingerprint density at radius 1 is 1.21 bits per heavy atom. The highest BCUT2D eigenvalue weighted by atomic mass is 35.5. The van der Waals surface area contributed by atoms with Gasteiger partial charge >= 0.3 is 5.97 Å². The number of nitrogens with zero attached hydrogens (tertiary/aromatic N) is 3. The fraction of sp³-hybridized carbons (Fsp3) is 0.632. The van der Waals surface area contributed by atoms with Crippen molar-refractivity contribution in [1.82, 2.24) is 9.88 Å². The molecular formula is C19H30Cl2N4O3. The third-order valence-corrected chi connectivity index (χ3v) is 5.94. The summed E-state index contributed by atoms with van der Waals surface area (Å²) in [5.41, 5.74) is 6.08. The number of halogens is 2. The number of Topliss-reactive ketones (excluding diaryl/α,β-unsaturated/α-hetero) is 1. The molecule has 0 amide bonds. The van der Waals surface area contributed by atoms with E-state index in [2.05, 4.69) is 14.8 Å². The maximum atomic E-state index is 12.5. The first kappa shape index (κ1) is 24.6. The predicted octanol–water partition coefficient (Wildman–Crippen LogP) is 1.98. The zero-order valence-electron chi connectivity index (χ0n) is 16.1. The van der Waals surface area contributed by atoms with E-state index >= 15 is 0 Å².